The molecule has 19 heavy (non-hydrogen) atoms. The van der Waals surface area contributed by atoms with Gasteiger partial charge in [-0.05, 0) is 37.7 Å². The minimum absolute atomic E-state index is 0.0454. The largest absolute Gasteiger partial charge is 0.483 e. The van der Waals surface area contributed by atoms with Crippen LogP contribution in [0.15, 0.2) is 28.7 Å². The lowest BCUT2D eigenvalue weighted by atomic mass is 10.2. The van der Waals surface area contributed by atoms with Crippen LogP contribution in [0.1, 0.15) is 17.1 Å². The molecule has 0 aliphatic carbocycles. The van der Waals surface area contributed by atoms with Crippen LogP contribution in [0.5, 0.6) is 5.75 Å². The number of hydrogen-bond acceptors (Lipinski definition) is 3. The molecular weight excluding hydrogens is 269 g/mol. The highest BCUT2D eigenvalue weighted by molar-refractivity contribution is 6.30. The summed E-state index contributed by atoms with van der Waals surface area (Å²) in [6, 6.07) is 6.53. The van der Waals surface area contributed by atoms with Crippen LogP contribution >= 0.6 is 11.6 Å². The van der Waals surface area contributed by atoms with Gasteiger partial charge < -0.3 is 14.5 Å². The first-order chi connectivity index (χ1) is 9.11. The Morgan fingerprint density at radius 2 is 2.21 bits per heavy atom. The smallest absolute Gasteiger partial charge is 0.183 e. The fourth-order valence-corrected chi connectivity index (χ4v) is 1.91. The van der Waals surface area contributed by atoms with Gasteiger partial charge in [-0.2, -0.15) is 0 Å². The number of aryl methyl sites for hydroxylation is 1. The summed E-state index contributed by atoms with van der Waals surface area (Å²) in [5.74, 6) is 1.08. The van der Waals surface area contributed by atoms with Gasteiger partial charge in [-0.15, -0.1) is 0 Å². The van der Waals surface area contributed by atoms with E-state index in [9.17, 15) is 4.39 Å². The van der Waals surface area contributed by atoms with E-state index in [2.05, 4.69) is 5.32 Å². The van der Waals surface area contributed by atoms with Gasteiger partial charge in [0.2, 0.25) is 0 Å². The van der Waals surface area contributed by atoms with E-state index in [4.69, 9.17) is 20.8 Å². The predicted molar refractivity (Wildman–Crippen MR) is 72.0 cm³/mol. The maximum Gasteiger partial charge on any atom is 0.183 e. The summed E-state index contributed by atoms with van der Waals surface area (Å²) >= 11 is 5.68. The third-order valence-electron chi connectivity index (χ3n) is 2.70. The lowest BCUT2D eigenvalue weighted by Crippen LogP contribution is -2.04. The zero-order valence-corrected chi connectivity index (χ0v) is 11.6. The van der Waals surface area contributed by atoms with Gasteiger partial charge in [0.05, 0.1) is 11.6 Å². The topological polar surface area (TPSA) is 34.4 Å². The molecule has 1 heterocycles. The van der Waals surface area contributed by atoms with Crippen LogP contribution in [0.4, 0.5) is 4.39 Å². The fraction of sp³-hybridized carbons (Fsp3) is 0.286. The van der Waals surface area contributed by atoms with E-state index in [-0.39, 0.29) is 17.4 Å². The molecule has 0 bridgehead atoms. The summed E-state index contributed by atoms with van der Waals surface area (Å²) in [4.78, 5) is 0. The minimum Gasteiger partial charge on any atom is -0.483 e. The maximum atomic E-state index is 13.6. The number of ether oxygens (including phenoxy) is 1. The van der Waals surface area contributed by atoms with Gasteiger partial charge in [-0.1, -0.05) is 17.7 Å². The molecule has 1 N–H and O–H groups in total. The molecule has 0 saturated carbocycles. The Balaban J connectivity index is 2.06. The zero-order valence-electron chi connectivity index (χ0n) is 10.8. The lowest BCUT2D eigenvalue weighted by molar-refractivity contribution is 0.254. The molecule has 3 nitrogen and oxygen atoms in total. The first-order valence-electron chi connectivity index (χ1n) is 5.91. The first-order valence-corrected chi connectivity index (χ1v) is 6.29. The van der Waals surface area contributed by atoms with Gasteiger partial charge >= 0.3 is 0 Å². The number of nitrogens with one attached hydrogen (secondary N) is 1. The third-order valence-corrected chi connectivity index (χ3v) is 2.99. The number of benzene rings is 1. The van der Waals surface area contributed by atoms with E-state index in [1.165, 1.54) is 12.1 Å². The summed E-state index contributed by atoms with van der Waals surface area (Å²) in [6.45, 7) is 2.78. The van der Waals surface area contributed by atoms with Crippen LogP contribution in [0, 0.1) is 12.7 Å². The number of hydrogen-bond donors (Lipinski definition) is 1. The second-order valence-corrected chi connectivity index (χ2v) is 4.60. The number of rotatable bonds is 5. The van der Waals surface area contributed by atoms with Crippen molar-refractivity contribution < 1.29 is 13.5 Å². The molecular formula is C14H15ClFNO2. The molecule has 0 radical (unpaired) electrons. The van der Waals surface area contributed by atoms with Crippen molar-refractivity contribution in [1.29, 1.82) is 0 Å². The Hall–Kier alpha value is -1.52. The van der Waals surface area contributed by atoms with Gasteiger partial charge in [0.1, 0.15) is 18.1 Å². The van der Waals surface area contributed by atoms with E-state index >= 15 is 0 Å². The summed E-state index contributed by atoms with van der Waals surface area (Å²) in [7, 11) is 1.85. The number of furan rings is 1. The Morgan fingerprint density at radius 3 is 2.95 bits per heavy atom. The standard InChI is InChI=1S/C14H15ClFNO2/c1-9-6-10(19-13(9)7-17-2)8-18-12-5-3-4-11(15)14(12)16/h3-6,17H,7-8H2,1-2H3. The molecule has 1 aromatic carbocycles. The third kappa shape index (κ3) is 3.28. The van der Waals surface area contributed by atoms with Crippen LogP contribution in [0.3, 0.4) is 0 Å². The van der Waals surface area contributed by atoms with Gasteiger partial charge in [-0.25, -0.2) is 4.39 Å². The first kappa shape index (κ1) is 13.9. The van der Waals surface area contributed by atoms with Crippen molar-refractivity contribution in [2.45, 2.75) is 20.1 Å². The highest BCUT2D eigenvalue weighted by atomic mass is 35.5. The van der Waals surface area contributed by atoms with Crippen LogP contribution in [0.25, 0.3) is 0 Å². The Labute approximate surface area is 116 Å². The summed E-state index contributed by atoms with van der Waals surface area (Å²) in [5.41, 5.74) is 1.04. The second kappa shape index (κ2) is 6.08. The van der Waals surface area contributed by atoms with Crippen molar-refractivity contribution in [3.8, 4) is 5.75 Å². The Bertz CT molecular complexity index is 569. The van der Waals surface area contributed by atoms with Gasteiger partial charge in [0.15, 0.2) is 11.6 Å². The second-order valence-electron chi connectivity index (χ2n) is 4.19. The van der Waals surface area contributed by atoms with Crippen molar-refractivity contribution >= 4 is 11.6 Å². The highest BCUT2D eigenvalue weighted by Crippen LogP contribution is 2.25. The molecule has 2 aromatic rings. The summed E-state index contributed by atoms with van der Waals surface area (Å²) in [6.07, 6.45) is 0. The molecule has 0 aliphatic heterocycles. The molecule has 5 heteroatoms. The molecule has 1 aromatic heterocycles. The van der Waals surface area contributed by atoms with E-state index < -0.39 is 5.82 Å². The average Bonchev–Trinajstić information content (AvgIpc) is 2.73. The number of halogens is 2. The molecule has 0 atom stereocenters. The van der Waals surface area contributed by atoms with Gasteiger partial charge in [-0.3, -0.25) is 0 Å². The van der Waals surface area contributed by atoms with Crippen LogP contribution in [0.2, 0.25) is 5.02 Å². The van der Waals surface area contributed by atoms with Crippen molar-refractivity contribution in [3.05, 3.63) is 52.2 Å². The molecule has 2 rings (SSSR count). The zero-order chi connectivity index (χ0) is 13.8. The van der Waals surface area contributed by atoms with Gasteiger partial charge in [0, 0.05) is 0 Å². The molecule has 0 unspecified atom stereocenters. The molecule has 102 valence electrons. The average molecular weight is 284 g/mol. The molecule has 0 saturated heterocycles. The molecule has 0 fully saturated rings. The monoisotopic (exact) mass is 283 g/mol. The molecule has 0 aliphatic rings. The SMILES string of the molecule is CNCc1oc(COc2cccc(Cl)c2F)cc1C. The van der Waals surface area contributed by atoms with E-state index in [0.717, 1.165) is 11.3 Å². The quantitative estimate of drug-likeness (QED) is 0.909. The van der Waals surface area contributed by atoms with Crippen molar-refractivity contribution in [3.63, 3.8) is 0 Å². The molecule has 0 spiro atoms. The van der Waals surface area contributed by atoms with Crippen LogP contribution in [-0.4, -0.2) is 7.05 Å². The Morgan fingerprint density at radius 1 is 1.42 bits per heavy atom. The van der Waals surface area contributed by atoms with E-state index in [1.807, 2.05) is 20.0 Å². The minimum atomic E-state index is -0.553. The van der Waals surface area contributed by atoms with Crippen molar-refractivity contribution in [2.75, 3.05) is 7.05 Å². The van der Waals surface area contributed by atoms with E-state index in [0.29, 0.717) is 12.3 Å². The maximum absolute atomic E-state index is 13.6. The predicted octanol–water partition coefficient (Wildman–Crippen LogP) is 3.68. The normalized spacial score (nSPS) is 10.7. The molecule has 0 amide bonds. The van der Waals surface area contributed by atoms with Crippen LogP contribution < -0.4 is 10.1 Å². The fourth-order valence-electron chi connectivity index (χ4n) is 1.74. The van der Waals surface area contributed by atoms with E-state index in [1.54, 1.807) is 6.07 Å². The van der Waals surface area contributed by atoms with Crippen molar-refractivity contribution in [2.24, 2.45) is 0 Å². The summed E-state index contributed by atoms with van der Waals surface area (Å²) < 4.78 is 24.6. The van der Waals surface area contributed by atoms with Crippen molar-refractivity contribution in [1.82, 2.24) is 5.32 Å². The highest BCUT2D eigenvalue weighted by Gasteiger charge is 2.10. The summed E-state index contributed by atoms with van der Waals surface area (Å²) in [5, 5.41) is 3.06. The van der Waals surface area contributed by atoms with Gasteiger partial charge in [0.25, 0.3) is 0 Å². The van der Waals surface area contributed by atoms with Crippen LogP contribution in [-0.2, 0) is 13.2 Å². The lowest BCUT2D eigenvalue weighted by Gasteiger charge is -2.06. The Kier molecular flexibility index (Phi) is 4.45.